The van der Waals surface area contributed by atoms with Crippen molar-refractivity contribution >= 4 is 35.1 Å². The van der Waals surface area contributed by atoms with E-state index in [1.807, 2.05) is 53.9 Å². The van der Waals surface area contributed by atoms with Crippen LogP contribution in [0.15, 0.2) is 54.6 Å². The van der Waals surface area contributed by atoms with Gasteiger partial charge in [-0.25, -0.2) is 0 Å². The lowest BCUT2D eigenvalue weighted by Gasteiger charge is -2.11. The highest BCUT2D eigenvalue weighted by molar-refractivity contribution is 8.19. The number of thioether (sulfide) groups is 2. The molecule has 0 bridgehead atoms. The first-order valence-electron chi connectivity index (χ1n) is 7.48. The first-order chi connectivity index (χ1) is 10.8. The zero-order valence-corrected chi connectivity index (χ0v) is 14.0. The van der Waals surface area contributed by atoms with E-state index in [1.54, 1.807) is 0 Å². The van der Waals surface area contributed by atoms with Gasteiger partial charge < -0.3 is 5.32 Å². The maximum absolute atomic E-state index is 12.1. The number of aryl methyl sites for hydroxylation is 1. The zero-order valence-electron chi connectivity index (χ0n) is 12.3. The molecular formula is C18H19NOS2. The van der Waals surface area contributed by atoms with Gasteiger partial charge in [-0.3, -0.25) is 4.79 Å². The summed E-state index contributed by atoms with van der Waals surface area (Å²) in [5.74, 6) is 2.50. The molecule has 1 amide bonds. The highest BCUT2D eigenvalue weighted by Gasteiger charge is 2.18. The Balaban J connectivity index is 1.56. The Bertz CT molecular complexity index is 624. The zero-order chi connectivity index (χ0) is 15.2. The second-order valence-corrected chi connectivity index (χ2v) is 7.96. The summed E-state index contributed by atoms with van der Waals surface area (Å²) >= 11 is 3.96. The predicted octanol–water partition coefficient (Wildman–Crippen LogP) is 4.74. The van der Waals surface area contributed by atoms with Crippen molar-refractivity contribution in [1.82, 2.24) is 0 Å². The maximum Gasteiger partial charge on any atom is 0.224 e. The van der Waals surface area contributed by atoms with Gasteiger partial charge in [0.15, 0.2) is 0 Å². The largest absolute Gasteiger partial charge is 0.326 e. The summed E-state index contributed by atoms with van der Waals surface area (Å²) in [6.07, 6.45) is 1.29. The minimum atomic E-state index is 0.0766. The Kier molecular flexibility index (Phi) is 5.46. The fraction of sp³-hybridized carbons (Fsp3) is 0.278. The standard InChI is InChI=1S/C18H19NOS2/c20-17(10-9-14-5-2-1-3-6-14)19-16-8-4-7-15(13-16)18-21-11-12-22-18/h1-8,13,18H,9-12H2,(H,19,20). The van der Waals surface area contributed by atoms with E-state index in [1.165, 1.54) is 22.6 Å². The molecule has 2 aromatic rings. The maximum atomic E-state index is 12.1. The van der Waals surface area contributed by atoms with Crippen molar-refractivity contribution in [2.45, 2.75) is 17.4 Å². The van der Waals surface area contributed by atoms with Crippen LogP contribution >= 0.6 is 23.5 Å². The van der Waals surface area contributed by atoms with Crippen LogP contribution < -0.4 is 5.32 Å². The topological polar surface area (TPSA) is 29.1 Å². The lowest BCUT2D eigenvalue weighted by Crippen LogP contribution is -2.12. The molecule has 0 aliphatic carbocycles. The number of amides is 1. The Morgan fingerprint density at radius 1 is 1.05 bits per heavy atom. The molecular weight excluding hydrogens is 310 g/mol. The predicted molar refractivity (Wildman–Crippen MR) is 97.5 cm³/mol. The van der Waals surface area contributed by atoms with Gasteiger partial charge in [-0.15, -0.1) is 23.5 Å². The minimum absolute atomic E-state index is 0.0766. The van der Waals surface area contributed by atoms with E-state index >= 15 is 0 Å². The number of carbonyl (C=O) groups excluding carboxylic acids is 1. The number of hydrogen-bond donors (Lipinski definition) is 1. The average molecular weight is 329 g/mol. The lowest BCUT2D eigenvalue weighted by molar-refractivity contribution is -0.116. The van der Waals surface area contributed by atoms with Gasteiger partial charge in [0.2, 0.25) is 5.91 Å². The van der Waals surface area contributed by atoms with Gasteiger partial charge in [0.05, 0.1) is 4.58 Å². The van der Waals surface area contributed by atoms with E-state index in [0.717, 1.165) is 12.1 Å². The smallest absolute Gasteiger partial charge is 0.224 e. The average Bonchev–Trinajstić information content (AvgIpc) is 3.09. The molecule has 4 heteroatoms. The minimum Gasteiger partial charge on any atom is -0.326 e. The van der Waals surface area contributed by atoms with Gasteiger partial charge in [0.25, 0.3) is 0 Å². The van der Waals surface area contributed by atoms with Crippen molar-refractivity contribution in [3.05, 3.63) is 65.7 Å². The van der Waals surface area contributed by atoms with Crippen molar-refractivity contribution in [1.29, 1.82) is 0 Å². The van der Waals surface area contributed by atoms with Crippen molar-refractivity contribution in [3.63, 3.8) is 0 Å². The Morgan fingerprint density at radius 3 is 2.59 bits per heavy atom. The SMILES string of the molecule is O=C(CCc1ccccc1)Nc1cccc(C2SCCS2)c1. The van der Waals surface area contributed by atoms with Crippen LogP contribution in [-0.4, -0.2) is 17.4 Å². The van der Waals surface area contributed by atoms with Crippen LogP contribution in [0.4, 0.5) is 5.69 Å². The van der Waals surface area contributed by atoms with Gasteiger partial charge in [0, 0.05) is 23.6 Å². The van der Waals surface area contributed by atoms with Gasteiger partial charge >= 0.3 is 0 Å². The van der Waals surface area contributed by atoms with Crippen LogP contribution in [0.1, 0.15) is 22.1 Å². The van der Waals surface area contributed by atoms with Crippen molar-refractivity contribution in [2.24, 2.45) is 0 Å². The molecule has 0 saturated carbocycles. The van der Waals surface area contributed by atoms with Crippen molar-refractivity contribution in [2.75, 3.05) is 16.8 Å². The van der Waals surface area contributed by atoms with E-state index in [0.29, 0.717) is 11.0 Å². The first-order valence-corrected chi connectivity index (χ1v) is 9.58. The third-order valence-corrected chi connectivity index (χ3v) is 6.65. The molecule has 1 saturated heterocycles. The van der Waals surface area contributed by atoms with E-state index in [-0.39, 0.29) is 5.91 Å². The molecule has 2 nitrogen and oxygen atoms in total. The Morgan fingerprint density at radius 2 is 1.82 bits per heavy atom. The summed E-state index contributed by atoms with van der Waals surface area (Å²) < 4.78 is 0.515. The van der Waals surface area contributed by atoms with E-state index in [4.69, 9.17) is 0 Å². The molecule has 1 fully saturated rings. The Labute approximate surface area is 140 Å². The molecule has 1 aliphatic heterocycles. The van der Waals surface area contributed by atoms with Crippen LogP contribution in [0.2, 0.25) is 0 Å². The van der Waals surface area contributed by atoms with Crippen LogP contribution in [0, 0.1) is 0 Å². The lowest BCUT2D eigenvalue weighted by atomic mass is 10.1. The fourth-order valence-corrected chi connectivity index (χ4v) is 5.28. The van der Waals surface area contributed by atoms with Crippen LogP contribution in [0.25, 0.3) is 0 Å². The molecule has 3 rings (SSSR count). The molecule has 114 valence electrons. The Hall–Kier alpha value is -1.39. The van der Waals surface area contributed by atoms with Crippen LogP contribution in [0.5, 0.6) is 0 Å². The van der Waals surface area contributed by atoms with E-state index < -0.39 is 0 Å². The van der Waals surface area contributed by atoms with Gasteiger partial charge in [0.1, 0.15) is 0 Å². The van der Waals surface area contributed by atoms with E-state index in [9.17, 15) is 4.79 Å². The molecule has 0 unspecified atom stereocenters. The van der Waals surface area contributed by atoms with Crippen LogP contribution in [-0.2, 0) is 11.2 Å². The van der Waals surface area contributed by atoms with Crippen LogP contribution in [0.3, 0.4) is 0 Å². The third kappa shape index (κ3) is 4.31. The monoisotopic (exact) mass is 329 g/mol. The summed E-state index contributed by atoms with van der Waals surface area (Å²) in [6, 6.07) is 18.4. The highest BCUT2D eigenvalue weighted by Crippen LogP contribution is 2.45. The van der Waals surface area contributed by atoms with Gasteiger partial charge in [-0.05, 0) is 29.7 Å². The molecule has 0 spiro atoms. The summed E-state index contributed by atoms with van der Waals surface area (Å²) in [5, 5.41) is 3.02. The third-order valence-electron chi connectivity index (χ3n) is 3.55. The number of nitrogens with one attached hydrogen (secondary N) is 1. The molecule has 1 N–H and O–H groups in total. The first kappa shape index (κ1) is 15.5. The molecule has 1 aliphatic rings. The number of carbonyl (C=O) groups is 1. The number of hydrogen-bond acceptors (Lipinski definition) is 3. The molecule has 1 heterocycles. The molecule has 0 aromatic heterocycles. The number of benzene rings is 2. The summed E-state index contributed by atoms with van der Waals surface area (Å²) in [4.78, 5) is 12.1. The highest BCUT2D eigenvalue weighted by atomic mass is 32.2. The van der Waals surface area contributed by atoms with Gasteiger partial charge in [-0.1, -0.05) is 42.5 Å². The second-order valence-electron chi connectivity index (χ2n) is 5.23. The van der Waals surface area contributed by atoms with Gasteiger partial charge in [-0.2, -0.15) is 0 Å². The summed E-state index contributed by atoms with van der Waals surface area (Å²) in [5.41, 5.74) is 3.40. The molecule has 22 heavy (non-hydrogen) atoms. The molecule has 0 radical (unpaired) electrons. The quantitative estimate of drug-likeness (QED) is 0.859. The molecule has 2 aromatic carbocycles. The molecule has 0 atom stereocenters. The fourth-order valence-electron chi connectivity index (χ4n) is 2.44. The van der Waals surface area contributed by atoms with E-state index in [2.05, 4.69) is 29.6 Å². The second kappa shape index (κ2) is 7.75. The summed E-state index contributed by atoms with van der Waals surface area (Å²) in [6.45, 7) is 0. The van der Waals surface area contributed by atoms with Crippen molar-refractivity contribution in [3.8, 4) is 0 Å². The summed E-state index contributed by atoms with van der Waals surface area (Å²) in [7, 11) is 0. The number of rotatable bonds is 5. The van der Waals surface area contributed by atoms with Crippen molar-refractivity contribution < 1.29 is 4.79 Å². The number of anilines is 1. The normalized spacial score (nSPS) is 14.9.